The molecular weight excluding hydrogens is 446 g/mol. The fourth-order valence-corrected chi connectivity index (χ4v) is 4.83. The highest BCUT2D eigenvalue weighted by Gasteiger charge is 2.41. The molecule has 0 saturated carbocycles. The van der Waals surface area contributed by atoms with Crippen molar-refractivity contribution in [1.29, 1.82) is 0 Å². The number of carbonyl (C=O) groups is 2. The second kappa shape index (κ2) is 10.7. The van der Waals surface area contributed by atoms with Gasteiger partial charge < -0.3 is 24.3 Å². The average Bonchev–Trinajstić information content (AvgIpc) is 2.87. The van der Waals surface area contributed by atoms with Crippen molar-refractivity contribution in [1.82, 2.24) is 5.32 Å². The molecule has 4 rings (SSSR count). The first kappa shape index (κ1) is 24.4. The Kier molecular flexibility index (Phi) is 7.44. The Morgan fingerprint density at radius 2 is 1.66 bits per heavy atom. The Hall–Kier alpha value is -3.74. The third-order valence-electron chi connectivity index (χ3n) is 6.51. The fraction of sp³-hybridized carbons (Fsp3) is 0.357. The van der Waals surface area contributed by atoms with Crippen LogP contribution in [0.1, 0.15) is 43.2 Å². The van der Waals surface area contributed by atoms with Gasteiger partial charge in [-0.15, -0.1) is 0 Å². The van der Waals surface area contributed by atoms with Gasteiger partial charge in [0.2, 0.25) is 0 Å². The predicted octanol–water partition coefficient (Wildman–Crippen LogP) is 4.47. The molecule has 2 aromatic rings. The normalized spacial score (nSPS) is 17.5. The van der Waals surface area contributed by atoms with E-state index in [-0.39, 0.29) is 12.4 Å². The highest BCUT2D eigenvalue weighted by atomic mass is 16.5. The molecule has 0 spiro atoms. The van der Waals surface area contributed by atoms with E-state index in [1.165, 1.54) is 0 Å². The summed E-state index contributed by atoms with van der Waals surface area (Å²) in [6, 6.07) is 13.4. The maximum absolute atomic E-state index is 13.5. The number of Topliss-reactive ketones (excluding diaryl/α,β-unsaturated/α-hetero) is 1. The van der Waals surface area contributed by atoms with Crippen LogP contribution in [0.4, 0.5) is 0 Å². The second-order valence-electron chi connectivity index (χ2n) is 8.59. The number of carbonyl (C=O) groups excluding carboxylic acids is 2. The molecule has 0 aromatic heterocycles. The van der Waals surface area contributed by atoms with Gasteiger partial charge in [0, 0.05) is 41.4 Å². The van der Waals surface area contributed by atoms with Gasteiger partial charge in [-0.1, -0.05) is 30.3 Å². The van der Waals surface area contributed by atoms with E-state index in [1.807, 2.05) is 37.3 Å². The van der Waals surface area contributed by atoms with E-state index in [2.05, 4.69) is 5.32 Å². The first-order valence-electron chi connectivity index (χ1n) is 11.7. The zero-order valence-electron chi connectivity index (χ0n) is 20.6. The summed E-state index contributed by atoms with van der Waals surface area (Å²) in [5, 5.41) is 3.32. The summed E-state index contributed by atoms with van der Waals surface area (Å²) >= 11 is 0. The number of ether oxygens (including phenoxy) is 4. The molecule has 0 amide bonds. The molecule has 1 N–H and O–H groups in total. The highest BCUT2D eigenvalue weighted by molar-refractivity contribution is 6.04. The summed E-state index contributed by atoms with van der Waals surface area (Å²) in [5.41, 5.74) is 4.24. The van der Waals surface area contributed by atoms with Crippen LogP contribution in [0.15, 0.2) is 65.0 Å². The van der Waals surface area contributed by atoms with E-state index in [0.29, 0.717) is 52.5 Å². The van der Waals surface area contributed by atoms with Gasteiger partial charge in [-0.05, 0) is 31.4 Å². The monoisotopic (exact) mass is 477 g/mol. The van der Waals surface area contributed by atoms with Crippen molar-refractivity contribution in [3.8, 4) is 17.2 Å². The minimum Gasteiger partial charge on any atom is -0.496 e. The summed E-state index contributed by atoms with van der Waals surface area (Å²) in [5.74, 6) is 0.404. The van der Waals surface area contributed by atoms with Gasteiger partial charge in [-0.3, -0.25) is 4.79 Å². The van der Waals surface area contributed by atoms with Crippen LogP contribution in [0.2, 0.25) is 0 Å². The van der Waals surface area contributed by atoms with Crippen LogP contribution in [0.5, 0.6) is 17.2 Å². The van der Waals surface area contributed by atoms with Gasteiger partial charge in [-0.2, -0.15) is 0 Å². The van der Waals surface area contributed by atoms with Crippen LogP contribution in [0.25, 0.3) is 0 Å². The van der Waals surface area contributed by atoms with Gasteiger partial charge in [0.25, 0.3) is 0 Å². The molecule has 2 aliphatic rings. The maximum atomic E-state index is 13.5. The molecule has 1 atom stereocenters. The summed E-state index contributed by atoms with van der Waals surface area (Å²) in [4.78, 5) is 26.7. The molecule has 0 bridgehead atoms. The molecule has 1 aliphatic carbocycles. The van der Waals surface area contributed by atoms with Crippen molar-refractivity contribution in [3.05, 3.63) is 76.1 Å². The molecule has 35 heavy (non-hydrogen) atoms. The second-order valence-corrected chi connectivity index (χ2v) is 8.59. The van der Waals surface area contributed by atoms with Crippen LogP contribution in [-0.2, 0) is 20.7 Å². The number of rotatable bonds is 8. The molecule has 0 radical (unpaired) electrons. The van der Waals surface area contributed by atoms with E-state index < -0.39 is 11.9 Å². The van der Waals surface area contributed by atoms with Crippen molar-refractivity contribution in [3.63, 3.8) is 0 Å². The Morgan fingerprint density at radius 3 is 2.34 bits per heavy atom. The van der Waals surface area contributed by atoms with Crippen LogP contribution >= 0.6 is 0 Å². The lowest BCUT2D eigenvalue weighted by molar-refractivity contribution is -0.139. The Morgan fingerprint density at radius 1 is 0.971 bits per heavy atom. The van der Waals surface area contributed by atoms with Crippen LogP contribution in [0, 0.1) is 0 Å². The van der Waals surface area contributed by atoms with Crippen molar-refractivity contribution in [2.45, 2.75) is 38.5 Å². The first-order valence-corrected chi connectivity index (χ1v) is 11.7. The molecular formula is C28H31NO6. The predicted molar refractivity (Wildman–Crippen MR) is 132 cm³/mol. The lowest BCUT2D eigenvalue weighted by atomic mass is 9.75. The molecule has 7 heteroatoms. The Bertz CT molecular complexity index is 1180. The summed E-state index contributed by atoms with van der Waals surface area (Å²) in [7, 11) is 4.65. The molecule has 0 saturated heterocycles. The maximum Gasteiger partial charge on any atom is 0.336 e. The molecule has 2 aromatic carbocycles. The minimum absolute atomic E-state index is 0.0164. The SMILES string of the molecule is COc1cc(OC)c([C@@H]2C(C(=O)OCCc3ccccc3)=C(C)NC3=C2C(=O)CCC3)cc1OC. The van der Waals surface area contributed by atoms with E-state index in [0.717, 1.165) is 24.1 Å². The third kappa shape index (κ3) is 4.90. The summed E-state index contributed by atoms with van der Waals surface area (Å²) in [6.45, 7) is 2.08. The van der Waals surface area contributed by atoms with Gasteiger partial charge in [0.15, 0.2) is 17.3 Å². The number of hydrogen-bond acceptors (Lipinski definition) is 7. The zero-order valence-corrected chi connectivity index (χ0v) is 20.6. The summed E-state index contributed by atoms with van der Waals surface area (Å²) < 4.78 is 22.4. The Balaban J connectivity index is 1.75. The average molecular weight is 478 g/mol. The number of methoxy groups -OCH3 is 3. The van der Waals surface area contributed by atoms with E-state index in [9.17, 15) is 9.59 Å². The topological polar surface area (TPSA) is 83.1 Å². The lowest BCUT2D eigenvalue weighted by Gasteiger charge is -2.34. The van der Waals surface area contributed by atoms with Gasteiger partial charge in [0.1, 0.15) is 5.75 Å². The molecule has 7 nitrogen and oxygen atoms in total. The third-order valence-corrected chi connectivity index (χ3v) is 6.51. The summed E-state index contributed by atoms with van der Waals surface area (Å²) in [6.07, 6.45) is 2.54. The van der Waals surface area contributed by atoms with E-state index in [1.54, 1.807) is 33.5 Å². The largest absolute Gasteiger partial charge is 0.496 e. The fourth-order valence-electron chi connectivity index (χ4n) is 4.83. The molecule has 0 unspecified atom stereocenters. The number of hydrogen-bond donors (Lipinski definition) is 1. The van der Waals surface area contributed by atoms with Gasteiger partial charge in [0.05, 0.1) is 39.4 Å². The molecule has 1 aliphatic heterocycles. The lowest BCUT2D eigenvalue weighted by Crippen LogP contribution is -2.34. The number of nitrogens with one attached hydrogen (secondary N) is 1. The Labute approximate surface area is 205 Å². The van der Waals surface area contributed by atoms with Crippen LogP contribution < -0.4 is 19.5 Å². The standard InChI is InChI=1S/C28H31NO6/c1-17-25(28(31)35-14-13-18-9-6-5-7-10-18)26(27-20(29-17)11-8-12-21(27)30)19-15-23(33-3)24(34-4)16-22(19)32-2/h5-7,9-10,15-16,26,29H,8,11-14H2,1-4H3/t26-/m1/s1. The van der Waals surface area contributed by atoms with E-state index in [4.69, 9.17) is 18.9 Å². The number of ketones is 1. The minimum atomic E-state index is -0.641. The van der Waals surface area contributed by atoms with Gasteiger partial charge >= 0.3 is 5.97 Å². The number of benzene rings is 2. The zero-order chi connectivity index (χ0) is 24.9. The molecule has 1 heterocycles. The molecule has 0 fully saturated rings. The first-order chi connectivity index (χ1) is 17.0. The number of esters is 1. The smallest absolute Gasteiger partial charge is 0.336 e. The highest BCUT2D eigenvalue weighted by Crippen LogP contribution is 2.48. The van der Waals surface area contributed by atoms with E-state index >= 15 is 0 Å². The van der Waals surface area contributed by atoms with Crippen molar-refractivity contribution in [2.75, 3.05) is 27.9 Å². The number of allylic oxidation sites excluding steroid dienone is 3. The van der Waals surface area contributed by atoms with Crippen molar-refractivity contribution in [2.24, 2.45) is 0 Å². The van der Waals surface area contributed by atoms with Crippen LogP contribution in [0.3, 0.4) is 0 Å². The van der Waals surface area contributed by atoms with Crippen molar-refractivity contribution < 1.29 is 28.5 Å². The molecule has 184 valence electrons. The van der Waals surface area contributed by atoms with Crippen LogP contribution in [-0.4, -0.2) is 39.7 Å². The quantitative estimate of drug-likeness (QED) is 0.562. The number of dihydropyridines is 1. The van der Waals surface area contributed by atoms with Crippen molar-refractivity contribution >= 4 is 11.8 Å². The van der Waals surface area contributed by atoms with Gasteiger partial charge in [-0.25, -0.2) is 4.79 Å².